The molecule has 2 aliphatic rings. The molecule has 8 nitrogen and oxygen atoms in total. The van der Waals surface area contributed by atoms with Crippen LogP contribution in [0.3, 0.4) is 0 Å². The molecule has 0 unspecified atom stereocenters. The SMILES string of the molecule is Cc1ccc(S(=O)(=O)N2CCC[C@H](C(=O)N/N=C\c3ccc4c(c3)OCCO4)C2)cc1. The predicted octanol–water partition coefficient (Wildman–Crippen LogP) is 2.32. The Morgan fingerprint density at radius 2 is 1.87 bits per heavy atom. The molecular weight excluding hydrogens is 418 g/mol. The second-order valence-corrected chi connectivity index (χ2v) is 9.59. The quantitative estimate of drug-likeness (QED) is 0.565. The number of carbonyl (C=O) groups excluding carboxylic acids is 1. The van der Waals surface area contributed by atoms with Gasteiger partial charge < -0.3 is 9.47 Å². The smallest absolute Gasteiger partial charge is 0.244 e. The van der Waals surface area contributed by atoms with Gasteiger partial charge in [0.25, 0.3) is 0 Å². The molecule has 1 atom stereocenters. The third kappa shape index (κ3) is 4.88. The monoisotopic (exact) mass is 443 g/mol. The van der Waals surface area contributed by atoms with E-state index in [1.807, 2.05) is 13.0 Å². The third-order valence-electron chi connectivity index (χ3n) is 5.37. The first-order valence-electron chi connectivity index (χ1n) is 10.2. The summed E-state index contributed by atoms with van der Waals surface area (Å²) in [4.78, 5) is 12.8. The molecule has 1 amide bonds. The Kier molecular flexibility index (Phi) is 6.24. The van der Waals surface area contributed by atoms with E-state index in [2.05, 4.69) is 10.5 Å². The summed E-state index contributed by atoms with van der Waals surface area (Å²) in [5.41, 5.74) is 4.29. The predicted molar refractivity (Wildman–Crippen MR) is 116 cm³/mol. The first kappa shape index (κ1) is 21.3. The van der Waals surface area contributed by atoms with E-state index >= 15 is 0 Å². The minimum atomic E-state index is -3.63. The van der Waals surface area contributed by atoms with Gasteiger partial charge in [0.2, 0.25) is 15.9 Å². The fourth-order valence-electron chi connectivity index (χ4n) is 3.64. The zero-order chi connectivity index (χ0) is 21.8. The molecule has 1 N–H and O–H groups in total. The minimum absolute atomic E-state index is 0.140. The van der Waals surface area contributed by atoms with Crippen LogP contribution in [-0.2, 0) is 14.8 Å². The Bertz CT molecular complexity index is 1080. The molecule has 2 heterocycles. The van der Waals surface area contributed by atoms with Crippen LogP contribution in [0.25, 0.3) is 0 Å². The molecular formula is C22H25N3O5S. The summed E-state index contributed by atoms with van der Waals surface area (Å²) >= 11 is 0. The molecule has 9 heteroatoms. The molecule has 1 fully saturated rings. The highest BCUT2D eigenvalue weighted by Gasteiger charge is 2.33. The molecule has 2 aliphatic heterocycles. The zero-order valence-electron chi connectivity index (χ0n) is 17.3. The molecule has 0 aromatic heterocycles. The van der Waals surface area contributed by atoms with Crippen molar-refractivity contribution in [2.75, 3.05) is 26.3 Å². The Balaban J connectivity index is 1.37. The van der Waals surface area contributed by atoms with Crippen molar-refractivity contribution >= 4 is 22.1 Å². The van der Waals surface area contributed by atoms with Crippen LogP contribution >= 0.6 is 0 Å². The molecule has 2 aromatic carbocycles. The number of aryl methyl sites for hydroxylation is 1. The summed E-state index contributed by atoms with van der Waals surface area (Å²) in [6, 6.07) is 12.2. The Hall–Kier alpha value is -2.91. The van der Waals surface area contributed by atoms with E-state index < -0.39 is 15.9 Å². The topological polar surface area (TPSA) is 97.3 Å². The van der Waals surface area contributed by atoms with Crippen molar-refractivity contribution < 1.29 is 22.7 Å². The summed E-state index contributed by atoms with van der Waals surface area (Å²) in [7, 11) is -3.63. The van der Waals surface area contributed by atoms with E-state index in [9.17, 15) is 13.2 Å². The third-order valence-corrected chi connectivity index (χ3v) is 7.25. The van der Waals surface area contributed by atoms with Gasteiger partial charge in [0.05, 0.1) is 17.0 Å². The number of nitrogens with zero attached hydrogens (tertiary/aromatic N) is 2. The molecule has 2 aromatic rings. The van der Waals surface area contributed by atoms with Gasteiger partial charge in [0.1, 0.15) is 13.2 Å². The number of nitrogens with one attached hydrogen (secondary N) is 1. The number of hydrogen-bond acceptors (Lipinski definition) is 6. The van der Waals surface area contributed by atoms with Crippen LogP contribution < -0.4 is 14.9 Å². The molecule has 31 heavy (non-hydrogen) atoms. The van der Waals surface area contributed by atoms with Gasteiger partial charge in [-0.05, 0) is 55.7 Å². The first-order chi connectivity index (χ1) is 14.9. The maximum Gasteiger partial charge on any atom is 0.244 e. The van der Waals surface area contributed by atoms with Crippen molar-refractivity contribution in [3.63, 3.8) is 0 Å². The summed E-state index contributed by atoms with van der Waals surface area (Å²) in [6.45, 7) is 3.47. The molecule has 4 rings (SSSR count). The van der Waals surface area contributed by atoms with Gasteiger partial charge in [0, 0.05) is 13.1 Å². The van der Waals surface area contributed by atoms with E-state index in [1.165, 1.54) is 10.5 Å². The van der Waals surface area contributed by atoms with Crippen LogP contribution in [0.1, 0.15) is 24.0 Å². The summed E-state index contributed by atoms with van der Waals surface area (Å²) in [5.74, 6) is 0.583. The van der Waals surface area contributed by atoms with Gasteiger partial charge in [-0.2, -0.15) is 9.41 Å². The second-order valence-electron chi connectivity index (χ2n) is 7.65. The van der Waals surface area contributed by atoms with Gasteiger partial charge in [-0.3, -0.25) is 4.79 Å². The number of carbonyl (C=O) groups is 1. The van der Waals surface area contributed by atoms with Crippen molar-refractivity contribution in [2.45, 2.75) is 24.7 Å². The maximum atomic E-state index is 12.9. The molecule has 0 radical (unpaired) electrons. The average molecular weight is 444 g/mol. The van der Waals surface area contributed by atoms with Crippen LogP contribution in [0.2, 0.25) is 0 Å². The summed E-state index contributed by atoms with van der Waals surface area (Å²) in [6.07, 6.45) is 2.76. The van der Waals surface area contributed by atoms with E-state index in [-0.39, 0.29) is 17.3 Å². The molecule has 0 spiro atoms. The van der Waals surface area contributed by atoms with Crippen LogP contribution in [0.4, 0.5) is 0 Å². The number of hydrazone groups is 1. The number of ether oxygens (including phenoxy) is 2. The minimum Gasteiger partial charge on any atom is -0.486 e. The van der Waals surface area contributed by atoms with Crippen LogP contribution in [0.5, 0.6) is 11.5 Å². The number of amides is 1. The number of hydrogen-bond donors (Lipinski definition) is 1. The largest absolute Gasteiger partial charge is 0.486 e. The fourth-order valence-corrected chi connectivity index (χ4v) is 5.16. The summed E-state index contributed by atoms with van der Waals surface area (Å²) in [5, 5.41) is 4.03. The lowest BCUT2D eigenvalue weighted by molar-refractivity contribution is -0.126. The van der Waals surface area contributed by atoms with Crippen LogP contribution in [0.15, 0.2) is 52.5 Å². The van der Waals surface area contributed by atoms with Crippen LogP contribution in [-0.4, -0.2) is 51.1 Å². The Morgan fingerprint density at radius 1 is 1.13 bits per heavy atom. The number of rotatable bonds is 5. The highest BCUT2D eigenvalue weighted by atomic mass is 32.2. The van der Waals surface area contributed by atoms with Crippen molar-refractivity contribution in [1.82, 2.24) is 9.73 Å². The number of sulfonamides is 1. The van der Waals surface area contributed by atoms with E-state index in [1.54, 1.807) is 36.4 Å². The van der Waals surface area contributed by atoms with Crippen LogP contribution in [0, 0.1) is 12.8 Å². The first-order valence-corrected chi connectivity index (χ1v) is 11.7. The van der Waals surface area contributed by atoms with Gasteiger partial charge in [-0.25, -0.2) is 13.8 Å². The summed E-state index contributed by atoms with van der Waals surface area (Å²) < 4.78 is 38.3. The lowest BCUT2D eigenvalue weighted by atomic mass is 9.99. The highest BCUT2D eigenvalue weighted by molar-refractivity contribution is 7.89. The molecule has 0 aliphatic carbocycles. The van der Waals surface area contributed by atoms with Gasteiger partial charge in [-0.1, -0.05) is 17.7 Å². The molecule has 0 saturated carbocycles. The second kappa shape index (κ2) is 9.07. The van der Waals surface area contributed by atoms with Gasteiger partial charge in [0.15, 0.2) is 11.5 Å². The van der Waals surface area contributed by atoms with E-state index in [0.29, 0.717) is 44.1 Å². The van der Waals surface area contributed by atoms with Crippen molar-refractivity contribution in [1.29, 1.82) is 0 Å². The standard InChI is InChI=1S/C22H25N3O5S/c1-16-4-7-19(8-5-16)31(27,28)25-10-2-3-18(15-25)22(26)24-23-14-17-6-9-20-21(13-17)30-12-11-29-20/h4-9,13-14,18H,2-3,10-12,15H2,1H3,(H,24,26)/b23-14-/t18-/m0/s1. The lowest BCUT2D eigenvalue weighted by Crippen LogP contribution is -2.44. The number of piperidine rings is 1. The molecule has 1 saturated heterocycles. The lowest BCUT2D eigenvalue weighted by Gasteiger charge is -2.30. The fraction of sp³-hybridized carbons (Fsp3) is 0.364. The number of fused-ring (bicyclic) bond motifs is 1. The Labute approximate surface area is 181 Å². The highest BCUT2D eigenvalue weighted by Crippen LogP contribution is 2.30. The number of benzene rings is 2. The van der Waals surface area contributed by atoms with E-state index in [0.717, 1.165) is 11.1 Å². The maximum absolute atomic E-state index is 12.9. The molecule has 164 valence electrons. The zero-order valence-corrected chi connectivity index (χ0v) is 18.1. The molecule has 0 bridgehead atoms. The normalized spacial score (nSPS) is 19.3. The van der Waals surface area contributed by atoms with Crippen molar-refractivity contribution in [3.05, 3.63) is 53.6 Å². The van der Waals surface area contributed by atoms with Gasteiger partial charge in [-0.15, -0.1) is 0 Å². The average Bonchev–Trinajstić information content (AvgIpc) is 2.79. The van der Waals surface area contributed by atoms with Crippen molar-refractivity contribution in [3.8, 4) is 11.5 Å². The van der Waals surface area contributed by atoms with Gasteiger partial charge >= 0.3 is 0 Å². The van der Waals surface area contributed by atoms with E-state index in [4.69, 9.17) is 9.47 Å². The Morgan fingerprint density at radius 3 is 2.65 bits per heavy atom. The van der Waals surface area contributed by atoms with Crippen molar-refractivity contribution in [2.24, 2.45) is 11.0 Å².